The smallest absolute Gasteiger partial charge is 0.108 e. The van der Waals surface area contributed by atoms with Gasteiger partial charge in [0.1, 0.15) is 5.82 Å². The summed E-state index contributed by atoms with van der Waals surface area (Å²) >= 11 is 0. The van der Waals surface area contributed by atoms with E-state index < -0.39 is 0 Å². The molecule has 0 saturated carbocycles. The van der Waals surface area contributed by atoms with Crippen LogP contribution in [-0.2, 0) is 13.5 Å². The lowest BCUT2D eigenvalue weighted by molar-refractivity contribution is 0.433. The molecule has 1 atom stereocenters. The fourth-order valence-corrected chi connectivity index (χ4v) is 2.42. The monoisotopic (exact) mass is 266 g/mol. The average Bonchev–Trinajstić information content (AvgIpc) is 2.83. The Labute approximate surface area is 117 Å². The minimum atomic E-state index is 0.419. The van der Waals surface area contributed by atoms with Crippen LogP contribution in [0.15, 0.2) is 12.4 Å². The first kappa shape index (κ1) is 16.2. The normalized spacial score (nSPS) is 12.8. The summed E-state index contributed by atoms with van der Waals surface area (Å²) in [4.78, 5) is 4.35. The number of unbranched alkanes of at least 4 members (excludes halogenated alkanes) is 5. The van der Waals surface area contributed by atoms with Gasteiger partial charge in [-0.2, -0.15) is 0 Å². The Morgan fingerprint density at radius 1 is 1.21 bits per heavy atom. The van der Waals surface area contributed by atoms with E-state index in [1.165, 1.54) is 44.9 Å². The van der Waals surface area contributed by atoms with Gasteiger partial charge in [0, 0.05) is 31.9 Å². The molecule has 1 heterocycles. The van der Waals surface area contributed by atoms with Crippen molar-refractivity contribution in [1.82, 2.24) is 15.0 Å². The highest BCUT2D eigenvalue weighted by atomic mass is 15.2. The second-order valence-corrected chi connectivity index (χ2v) is 5.41. The molecule has 0 fully saturated rings. The van der Waals surface area contributed by atoms with Crippen LogP contribution in [0.5, 0.6) is 0 Å². The summed E-state index contributed by atoms with van der Waals surface area (Å²) in [5.41, 5.74) is 2.95. The van der Waals surface area contributed by atoms with Gasteiger partial charge in [0.15, 0.2) is 0 Å². The van der Waals surface area contributed by atoms with E-state index in [2.05, 4.69) is 21.9 Å². The van der Waals surface area contributed by atoms with Gasteiger partial charge in [-0.05, 0) is 12.8 Å². The number of nitrogens with one attached hydrogen (secondary N) is 1. The molecule has 3 N–H and O–H groups in total. The van der Waals surface area contributed by atoms with Crippen LogP contribution >= 0.6 is 0 Å². The molecule has 19 heavy (non-hydrogen) atoms. The Bertz CT molecular complexity index is 322. The maximum atomic E-state index is 5.64. The summed E-state index contributed by atoms with van der Waals surface area (Å²) in [6.07, 6.45) is 15.1. The molecule has 0 bridgehead atoms. The third kappa shape index (κ3) is 6.73. The first-order valence-corrected chi connectivity index (χ1v) is 7.70. The molecule has 0 spiro atoms. The fraction of sp³-hybridized carbons (Fsp3) is 0.800. The summed E-state index contributed by atoms with van der Waals surface area (Å²) < 4.78 is 2.08. The van der Waals surface area contributed by atoms with Crippen molar-refractivity contribution in [3.63, 3.8) is 0 Å². The molecule has 0 aromatic carbocycles. The number of imidazole rings is 1. The van der Waals surface area contributed by atoms with Crippen LogP contribution in [0, 0.1) is 0 Å². The van der Waals surface area contributed by atoms with Crippen LogP contribution in [0.1, 0.15) is 64.1 Å². The third-order valence-electron chi connectivity index (χ3n) is 3.78. The van der Waals surface area contributed by atoms with Crippen LogP contribution in [-0.4, -0.2) is 15.6 Å². The zero-order valence-corrected chi connectivity index (χ0v) is 12.6. The first-order valence-electron chi connectivity index (χ1n) is 7.70. The Morgan fingerprint density at radius 2 is 1.95 bits per heavy atom. The fourth-order valence-electron chi connectivity index (χ4n) is 2.42. The number of nitrogens with two attached hydrogens (primary N) is 1. The highest BCUT2D eigenvalue weighted by Crippen LogP contribution is 2.11. The van der Waals surface area contributed by atoms with Gasteiger partial charge < -0.3 is 4.57 Å². The zero-order chi connectivity index (χ0) is 13.9. The molecule has 4 nitrogen and oxygen atoms in total. The van der Waals surface area contributed by atoms with E-state index >= 15 is 0 Å². The molecule has 4 heteroatoms. The van der Waals surface area contributed by atoms with Gasteiger partial charge in [0.2, 0.25) is 0 Å². The summed E-state index contributed by atoms with van der Waals surface area (Å²) in [6, 6.07) is 0.419. The van der Waals surface area contributed by atoms with Gasteiger partial charge in [0.05, 0.1) is 0 Å². The van der Waals surface area contributed by atoms with E-state index in [1.807, 2.05) is 19.4 Å². The van der Waals surface area contributed by atoms with Gasteiger partial charge in [-0.1, -0.05) is 45.4 Å². The van der Waals surface area contributed by atoms with E-state index in [0.29, 0.717) is 6.04 Å². The van der Waals surface area contributed by atoms with Crippen molar-refractivity contribution in [3.8, 4) is 0 Å². The summed E-state index contributed by atoms with van der Waals surface area (Å²) in [7, 11) is 2.04. The number of hydrogen-bond acceptors (Lipinski definition) is 3. The summed E-state index contributed by atoms with van der Waals surface area (Å²) in [6.45, 7) is 2.26. The molecule has 0 aliphatic heterocycles. The minimum absolute atomic E-state index is 0.419. The van der Waals surface area contributed by atoms with E-state index in [-0.39, 0.29) is 0 Å². The molecule has 0 radical (unpaired) electrons. The van der Waals surface area contributed by atoms with Crippen molar-refractivity contribution in [3.05, 3.63) is 18.2 Å². The van der Waals surface area contributed by atoms with Crippen LogP contribution in [0.3, 0.4) is 0 Å². The van der Waals surface area contributed by atoms with Crippen LogP contribution in [0.25, 0.3) is 0 Å². The molecular formula is C15H30N4. The predicted molar refractivity (Wildman–Crippen MR) is 80.6 cm³/mol. The zero-order valence-electron chi connectivity index (χ0n) is 12.6. The molecule has 0 aliphatic carbocycles. The molecular weight excluding hydrogens is 236 g/mol. The van der Waals surface area contributed by atoms with E-state index in [0.717, 1.165) is 18.7 Å². The molecule has 0 saturated heterocycles. The van der Waals surface area contributed by atoms with Crippen LogP contribution < -0.4 is 11.3 Å². The van der Waals surface area contributed by atoms with Gasteiger partial charge >= 0.3 is 0 Å². The van der Waals surface area contributed by atoms with Crippen molar-refractivity contribution >= 4 is 0 Å². The highest BCUT2D eigenvalue weighted by molar-refractivity contribution is 4.91. The second-order valence-electron chi connectivity index (χ2n) is 5.41. The Hall–Kier alpha value is -0.870. The number of hydrazine groups is 1. The summed E-state index contributed by atoms with van der Waals surface area (Å²) in [5, 5.41) is 0. The lowest BCUT2D eigenvalue weighted by atomic mass is 10.0. The van der Waals surface area contributed by atoms with Crippen LogP contribution in [0.2, 0.25) is 0 Å². The van der Waals surface area contributed by atoms with E-state index in [4.69, 9.17) is 5.84 Å². The van der Waals surface area contributed by atoms with Crippen molar-refractivity contribution in [2.75, 3.05) is 0 Å². The van der Waals surface area contributed by atoms with Gasteiger partial charge in [0.25, 0.3) is 0 Å². The number of aromatic nitrogens is 2. The first-order chi connectivity index (χ1) is 9.27. The average molecular weight is 266 g/mol. The maximum Gasteiger partial charge on any atom is 0.108 e. The number of hydrogen-bond donors (Lipinski definition) is 2. The van der Waals surface area contributed by atoms with Gasteiger partial charge in [-0.25, -0.2) is 4.98 Å². The van der Waals surface area contributed by atoms with Crippen molar-refractivity contribution in [1.29, 1.82) is 0 Å². The topological polar surface area (TPSA) is 55.9 Å². The van der Waals surface area contributed by atoms with Crippen molar-refractivity contribution in [2.24, 2.45) is 12.9 Å². The Morgan fingerprint density at radius 3 is 2.58 bits per heavy atom. The molecule has 1 aromatic heterocycles. The molecule has 110 valence electrons. The Kier molecular flexibility index (Phi) is 8.50. The number of nitrogens with zero attached hydrogens (tertiary/aromatic N) is 2. The van der Waals surface area contributed by atoms with Gasteiger partial charge in [-0.15, -0.1) is 0 Å². The second kappa shape index (κ2) is 9.98. The predicted octanol–water partition coefficient (Wildman–Crippen LogP) is 2.94. The lowest BCUT2D eigenvalue weighted by Crippen LogP contribution is -2.35. The number of rotatable bonds is 11. The van der Waals surface area contributed by atoms with E-state index in [1.54, 1.807) is 0 Å². The SMILES string of the molecule is CCCCCCCCC(CCc1nccn1C)NN. The maximum absolute atomic E-state index is 5.64. The highest BCUT2D eigenvalue weighted by Gasteiger charge is 2.08. The van der Waals surface area contributed by atoms with Gasteiger partial charge in [-0.3, -0.25) is 11.3 Å². The number of aryl methyl sites for hydroxylation is 2. The lowest BCUT2D eigenvalue weighted by Gasteiger charge is -2.15. The van der Waals surface area contributed by atoms with Crippen molar-refractivity contribution in [2.45, 2.75) is 70.8 Å². The largest absolute Gasteiger partial charge is 0.338 e. The van der Waals surface area contributed by atoms with Crippen LogP contribution in [0.4, 0.5) is 0 Å². The third-order valence-corrected chi connectivity index (χ3v) is 3.78. The van der Waals surface area contributed by atoms with Crippen molar-refractivity contribution < 1.29 is 0 Å². The standard InChI is InChI=1S/C15H30N4/c1-3-4-5-6-7-8-9-14(18-16)10-11-15-17-12-13-19(15)2/h12-14,18H,3-11,16H2,1-2H3. The summed E-state index contributed by atoms with van der Waals surface area (Å²) in [5.74, 6) is 6.78. The van der Waals surface area contributed by atoms with E-state index in [9.17, 15) is 0 Å². The Balaban J connectivity index is 2.10. The quantitative estimate of drug-likeness (QED) is 0.368. The molecule has 1 unspecified atom stereocenters. The molecule has 0 aliphatic rings. The molecule has 1 aromatic rings. The molecule has 0 amide bonds. The minimum Gasteiger partial charge on any atom is -0.338 e. The molecule has 1 rings (SSSR count).